The van der Waals surface area contributed by atoms with Crippen LogP contribution in [-0.4, -0.2) is 14.0 Å². The molecule has 3 aromatic carbocycles. The van der Waals surface area contributed by atoms with Gasteiger partial charge in [-0.3, -0.25) is 0 Å². The number of ether oxygens (including phenoxy) is 1. The Morgan fingerprint density at radius 2 is 1.74 bits per heavy atom. The van der Waals surface area contributed by atoms with E-state index in [-0.39, 0.29) is 12.0 Å². The van der Waals surface area contributed by atoms with Crippen molar-refractivity contribution in [3.05, 3.63) is 102 Å². The van der Waals surface area contributed by atoms with Gasteiger partial charge in [0.1, 0.15) is 12.4 Å². The Bertz CT molecular complexity index is 1330. The maximum absolute atomic E-state index is 12.9. The van der Waals surface area contributed by atoms with Gasteiger partial charge in [-0.2, -0.15) is 0 Å². The van der Waals surface area contributed by atoms with Crippen molar-refractivity contribution in [2.45, 2.75) is 56.2 Å². The van der Waals surface area contributed by atoms with Crippen LogP contribution >= 0.6 is 0 Å². The molecule has 2 aliphatic rings. The van der Waals surface area contributed by atoms with Gasteiger partial charge >= 0.3 is 0 Å². The first-order valence-corrected chi connectivity index (χ1v) is 13.6. The molecule has 3 unspecified atom stereocenters. The lowest BCUT2D eigenvalue weighted by atomic mass is 9.77. The molecule has 5 rings (SSSR count). The minimum Gasteiger partial charge on any atom is -0.489 e. The van der Waals surface area contributed by atoms with Gasteiger partial charge in [-0.05, 0) is 80.1 Å². The average molecular weight is 489 g/mol. The molecule has 2 N–H and O–H groups in total. The van der Waals surface area contributed by atoms with E-state index >= 15 is 0 Å². The molecular formula is C29H32N2O3S. The second kappa shape index (κ2) is 9.17. The number of nitrogens with one attached hydrogen (secondary N) is 2. The molecule has 0 spiro atoms. The Morgan fingerprint density at radius 1 is 1.00 bits per heavy atom. The van der Waals surface area contributed by atoms with Crippen LogP contribution in [0, 0.1) is 5.92 Å². The Hall–Kier alpha value is -3.09. The van der Waals surface area contributed by atoms with Gasteiger partial charge in [0.05, 0.1) is 10.9 Å². The molecule has 0 bridgehead atoms. The lowest BCUT2D eigenvalue weighted by molar-refractivity contribution is 0.306. The minimum absolute atomic E-state index is 0.140. The van der Waals surface area contributed by atoms with Gasteiger partial charge in [-0.15, -0.1) is 0 Å². The van der Waals surface area contributed by atoms with Crippen LogP contribution in [0.4, 0.5) is 5.69 Å². The van der Waals surface area contributed by atoms with Gasteiger partial charge in [-0.1, -0.05) is 54.6 Å². The molecule has 0 aromatic heterocycles. The van der Waals surface area contributed by atoms with Crippen LogP contribution in [0.5, 0.6) is 5.75 Å². The maximum Gasteiger partial charge on any atom is 0.241 e. The van der Waals surface area contributed by atoms with Gasteiger partial charge in [0.2, 0.25) is 10.0 Å². The van der Waals surface area contributed by atoms with E-state index in [1.165, 1.54) is 5.56 Å². The third-order valence-corrected chi connectivity index (χ3v) is 8.33. The van der Waals surface area contributed by atoms with Crippen LogP contribution in [0.25, 0.3) is 0 Å². The first-order chi connectivity index (χ1) is 16.7. The number of anilines is 1. The van der Waals surface area contributed by atoms with Crippen molar-refractivity contribution >= 4 is 15.7 Å². The third kappa shape index (κ3) is 5.14. The number of fused-ring (bicyclic) bond motifs is 3. The molecule has 182 valence electrons. The van der Waals surface area contributed by atoms with E-state index in [9.17, 15) is 8.42 Å². The second-order valence-electron chi connectivity index (χ2n) is 10.4. The van der Waals surface area contributed by atoms with E-state index in [2.05, 4.69) is 46.5 Å². The van der Waals surface area contributed by atoms with Gasteiger partial charge < -0.3 is 10.1 Å². The monoisotopic (exact) mass is 488 g/mol. The summed E-state index contributed by atoms with van der Waals surface area (Å²) in [5, 5.41) is 3.69. The van der Waals surface area contributed by atoms with Crippen molar-refractivity contribution < 1.29 is 13.2 Å². The fourth-order valence-corrected chi connectivity index (χ4v) is 6.50. The molecule has 0 amide bonds. The Balaban J connectivity index is 1.36. The van der Waals surface area contributed by atoms with E-state index in [0.29, 0.717) is 17.4 Å². The number of benzene rings is 3. The van der Waals surface area contributed by atoms with Crippen LogP contribution in [0.1, 0.15) is 55.8 Å². The summed E-state index contributed by atoms with van der Waals surface area (Å²) in [6.45, 7) is 6.09. The van der Waals surface area contributed by atoms with Crippen molar-refractivity contribution in [3.63, 3.8) is 0 Å². The lowest BCUT2D eigenvalue weighted by Crippen LogP contribution is -2.40. The van der Waals surface area contributed by atoms with E-state index < -0.39 is 15.6 Å². The van der Waals surface area contributed by atoms with E-state index in [1.807, 2.05) is 63.2 Å². The van der Waals surface area contributed by atoms with Crippen LogP contribution in [0.15, 0.2) is 89.8 Å². The summed E-state index contributed by atoms with van der Waals surface area (Å²) in [6, 6.07) is 24.0. The first-order valence-electron chi connectivity index (χ1n) is 12.1. The molecule has 6 heteroatoms. The van der Waals surface area contributed by atoms with Crippen LogP contribution in [0.3, 0.4) is 0 Å². The Morgan fingerprint density at radius 3 is 2.46 bits per heavy atom. The molecule has 0 saturated carbocycles. The van der Waals surface area contributed by atoms with Gasteiger partial charge in [0.25, 0.3) is 0 Å². The summed E-state index contributed by atoms with van der Waals surface area (Å²) in [7, 11) is -3.59. The minimum atomic E-state index is -3.59. The van der Waals surface area contributed by atoms with Crippen molar-refractivity contribution in [1.82, 2.24) is 4.72 Å². The summed E-state index contributed by atoms with van der Waals surface area (Å²) in [6.07, 6.45) is 5.39. The van der Waals surface area contributed by atoms with Gasteiger partial charge in [0, 0.05) is 17.1 Å². The predicted octanol–water partition coefficient (Wildman–Crippen LogP) is 6.17. The predicted molar refractivity (Wildman–Crippen MR) is 140 cm³/mol. The molecule has 35 heavy (non-hydrogen) atoms. The highest BCUT2D eigenvalue weighted by atomic mass is 32.2. The average Bonchev–Trinajstić information content (AvgIpc) is 3.32. The highest BCUT2D eigenvalue weighted by Crippen LogP contribution is 2.50. The Labute approximate surface area is 208 Å². The molecular weight excluding hydrogens is 456 g/mol. The van der Waals surface area contributed by atoms with Crippen molar-refractivity contribution in [1.29, 1.82) is 0 Å². The molecule has 1 heterocycles. The fraction of sp³-hybridized carbons (Fsp3) is 0.310. The SMILES string of the molecule is CC(C)(C)NS(=O)(=O)c1ccc2c(c1)C1C=CCC1C(c1ccc(OCc3ccccc3)cc1)N2. The topological polar surface area (TPSA) is 67.4 Å². The zero-order chi connectivity index (χ0) is 24.6. The standard InChI is InChI=1S/C29H32N2O3S/c1-29(2,3)31-35(32,33)23-16-17-27-26(18-23)24-10-7-11-25(24)28(30-27)21-12-14-22(15-13-21)34-19-20-8-5-4-6-9-20/h4-10,12-18,24-25,28,30-31H,11,19H2,1-3H3. The summed E-state index contributed by atoms with van der Waals surface area (Å²) >= 11 is 0. The highest BCUT2D eigenvalue weighted by Gasteiger charge is 2.38. The van der Waals surface area contributed by atoms with Gasteiger partial charge in [-0.25, -0.2) is 13.1 Å². The lowest BCUT2D eigenvalue weighted by Gasteiger charge is -2.38. The van der Waals surface area contributed by atoms with Crippen molar-refractivity contribution in [2.75, 3.05) is 5.32 Å². The second-order valence-corrected chi connectivity index (χ2v) is 12.1. The molecule has 1 aliphatic heterocycles. The van der Waals surface area contributed by atoms with E-state index in [0.717, 1.165) is 29.0 Å². The first kappa shape index (κ1) is 23.6. The maximum atomic E-state index is 12.9. The molecule has 3 aromatic rings. The largest absolute Gasteiger partial charge is 0.489 e. The summed E-state index contributed by atoms with van der Waals surface area (Å²) < 4.78 is 34.6. The van der Waals surface area contributed by atoms with Crippen LogP contribution < -0.4 is 14.8 Å². The normalized spacial score (nSPS) is 21.2. The quantitative estimate of drug-likeness (QED) is 0.407. The smallest absolute Gasteiger partial charge is 0.241 e. The number of allylic oxidation sites excluding steroid dienone is 2. The zero-order valence-corrected chi connectivity index (χ0v) is 21.2. The molecule has 0 saturated heterocycles. The van der Waals surface area contributed by atoms with Crippen molar-refractivity contribution in [3.8, 4) is 5.75 Å². The number of hydrogen-bond acceptors (Lipinski definition) is 4. The summed E-state index contributed by atoms with van der Waals surface area (Å²) in [5.74, 6) is 1.35. The third-order valence-electron chi connectivity index (χ3n) is 6.57. The molecule has 0 fully saturated rings. The van der Waals surface area contributed by atoms with Crippen LogP contribution in [-0.2, 0) is 16.6 Å². The highest BCUT2D eigenvalue weighted by molar-refractivity contribution is 7.89. The number of hydrogen-bond donors (Lipinski definition) is 2. The van der Waals surface area contributed by atoms with Gasteiger partial charge in [0.15, 0.2) is 0 Å². The molecule has 5 nitrogen and oxygen atoms in total. The van der Waals surface area contributed by atoms with Crippen molar-refractivity contribution in [2.24, 2.45) is 5.92 Å². The van der Waals surface area contributed by atoms with E-state index in [4.69, 9.17) is 4.74 Å². The molecule has 3 atom stereocenters. The number of sulfonamides is 1. The summed E-state index contributed by atoms with van der Waals surface area (Å²) in [5.41, 5.74) is 3.83. The molecule has 0 radical (unpaired) electrons. The van der Waals surface area contributed by atoms with E-state index in [1.54, 1.807) is 6.07 Å². The van der Waals surface area contributed by atoms with Crippen LogP contribution in [0.2, 0.25) is 0 Å². The number of rotatable bonds is 6. The molecule has 1 aliphatic carbocycles. The fourth-order valence-electron chi connectivity index (χ4n) is 5.04. The summed E-state index contributed by atoms with van der Waals surface area (Å²) in [4.78, 5) is 0.311. The zero-order valence-electron chi connectivity index (χ0n) is 20.4. The Kier molecular flexibility index (Phi) is 6.20.